The van der Waals surface area contributed by atoms with Gasteiger partial charge in [-0.25, -0.2) is 0 Å². The zero-order valence-electron chi connectivity index (χ0n) is 11.6. The fraction of sp³-hybridized carbons (Fsp3) is 0.600. The van der Waals surface area contributed by atoms with Crippen LogP contribution in [0.15, 0.2) is 24.3 Å². The molecule has 1 heterocycles. The molecule has 1 aromatic carbocycles. The Hall–Kier alpha value is -1.20. The molecular weight excluding hydrogens is 264 g/mol. The van der Waals surface area contributed by atoms with Crippen LogP contribution < -0.4 is 10.1 Å². The molecule has 1 unspecified atom stereocenters. The third-order valence-corrected chi connectivity index (χ3v) is 3.66. The molecule has 20 heavy (non-hydrogen) atoms. The maximum Gasteiger partial charge on any atom is 0.387 e. The van der Waals surface area contributed by atoms with Gasteiger partial charge in [0.05, 0.1) is 0 Å². The summed E-state index contributed by atoms with van der Waals surface area (Å²) >= 11 is 0. The summed E-state index contributed by atoms with van der Waals surface area (Å²) in [6, 6.07) is 6.91. The molecule has 1 aliphatic heterocycles. The normalized spacial score (nSPS) is 18.2. The summed E-state index contributed by atoms with van der Waals surface area (Å²) in [7, 11) is 0. The van der Waals surface area contributed by atoms with E-state index in [9.17, 15) is 8.78 Å². The van der Waals surface area contributed by atoms with Crippen LogP contribution in [0.2, 0.25) is 0 Å². The Balaban J connectivity index is 1.92. The van der Waals surface area contributed by atoms with E-state index in [1.807, 2.05) is 19.1 Å². The van der Waals surface area contributed by atoms with Crippen LogP contribution in [-0.2, 0) is 4.74 Å². The number of hydrogen-bond acceptors (Lipinski definition) is 3. The SMILES string of the molecule is CC(NCC1CCOCC1)c1ccccc1OC(F)F. The Morgan fingerprint density at radius 1 is 1.30 bits per heavy atom. The average Bonchev–Trinajstić information content (AvgIpc) is 2.46. The van der Waals surface area contributed by atoms with Crippen molar-refractivity contribution in [2.45, 2.75) is 32.4 Å². The molecule has 1 saturated heterocycles. The summed E-state index contributed by atoms with van der Waals surface area (Å²) in [5.74, 6) is 0.837. The number of ether oxygens (including phenoxy) is 2. The van der Waals surface area contributed by atoms with Gasteiger partial charge in [-0.05, 0) is 38.3 Å². The first kappa shape index (κ1) is 15.2. The molecule has 0 amide bonds. The number of alkyl halides is 2. The number of nitrogens with one attached hydrogen (secondary N) is 1. The highest BCUT2D eigenvalue weighted by Gasteiger charge is 2.17. The van der Waals surface area contributed by atoms with Gasteiger partial charge < -0.3 is 14.8 Å². The molecule has 1 aromatic rings. The summed E-state index contributed by atoms with van der Waals surface area (Å²) in [6.45, 7) is 1.66. The van der Waals surface area contributed by atoms with E-state index in [0.717, 1.165) is 38.2 Å². The van der Waals surface area contributed by atoms with Crippen LogP contribution >= 0.6 is 0 Å². The maximum absolute atomic E-state index is 12.4. The monoisotopic (exact) mass is 285 g/mol. The molecule has 2 rings (SSSR count). The van der Waals surface area contributed by atoms with Gasteiger partial charge in [-0.3, -0.25) is 0 Å². The van der Waals surface area contributed by atoms with Crippen LogP contribution in [0.25, 0.3) is 0 Å². The fourth-order valence-electron chi connectivity index (χ4n) is 2.45. The van der Waals surface area contributed by atoms with E-state index in [1.54, 1.807) is 12.1 Å². The maximum atomic E-state index is 12.4. The summed E-state index contributed by atoms with van der Waals surface area (Å²) in [5, 5.41) is 3.40. The van der Waals surface area contributed by atoms with Gasteiger partial charge >= 0.3 is 6.61 Å². The number of rotatable bonds is 6. The van der Waals surface area contributed by atoms with Gasteiger partial charge in [-0.2, -0.15) is 8.78 Å². The van der Waals surface area contributed by atoms with Gasteiger partial charge in [0.2, 0.25) is 0 Å². The Labute approximate surface area is 118 Å². The van der Waals surface area contributed by atoms with Gasteiger partial charge in [0.1, 0.15) is 5.75 Å². The first-order valence-corrected chi connectivity index (χ1v) is 7.01. The molecule has 0 radical (unpaired) electrons. The Kier molecular flexibility index (Phi) is 5.73. The first-order valence-electron chi connectivity index (χ1n) is 7.01. The van der Waals surface area contributed by atoms with E-state index in [1.165, 1.54) is 0 Å². The van der Waals surface area contributed by atoms with Crippen LogP contribution in [0, 0.1) is 5.92 Å². The van der Waals surface area contributed by atoms with E-state index in [-0.39, 0.29) is 11.8 Å². The third kappa shape index (κ3) is 4.42. The molecule has 1 fully saturated rings. The van der Waals surface area contributed by atoms with Crippen LogP contribution in [0.5, 0.6) is 5.75 Å². The standard InChI is InChI=1S/C15H21F2NO2/c1-11(18-10-12-6-8-19-9-7-12)13-4-2-3-5-14(13)20-15(16)17/h2-5,11-12,15,18H,6-10H2,1H3. The van der Waals surface area contributed by atoms with Crippen molar-refractivity contribution in [1.29, 1.82) is 0 Å². The Morgan fingerprint density at radius 3 is 2.70 bits per heavy atom. The molecule has 5 heteroatoms. The molecule has 3 nitrogen and oxygen atoms in total. The van der Waals surface area contributed by atoms with E-state index in [0.29, 0.717) is 5.92 Å². The molecule has 112 valence electrons. The predicted octanol–water partition coefficient (Wildman–Crippen LogP) is 3.37. The van der Waals surface area contributed by atoms with E-state index in [2.05, 4.69) is 10.1 Å². The quantitative estimate of drug-likeness (QED) is 0.869. The Morgan fingerprint density at radius 2 is 2.00 bits per heavy atom. The van der Waals surface area contributed by atoms with Crippen molar-refractivity contribution in [3.63, 3.8) is 0 Å². The smallest absolute Gasteiger partial charge is 0.387 e. The fourth-order valence-corrected chi connectivity index (χ4v) is 2.45. The minimum Gasteiger partial charge on any atom is -0.434 e. The number of para-hydroxylation sites is 1. The van der Waals surface area contributed by atoms with Crippen molar-refractivity contribution in [1.82, 2.24) is 5.32 Å². The topological polar surface area (TPSA) is 30.5 Å². The molecule has 0 spiro atoms. The van der Waals surface area contributed by atoms with Crippen molar-refractivity contribution < 1.29 is 18.3 Å². The van der Waals surface area contributed by atoms with Gasteiger partial charge in [0, 0.05) is 24.8 Å². The second kappa shape index (κ2) is 7.55. The van der Waals surface area contributed by atoms with E-state index in [4.69, 9.17) is 4.74 Å². The highest BCUT2D eigenvalue weighted by Crippen LogP contribution is 2.26. The number of hydrogen-bond donors (Lipinski definition) is 1. The minimum atomic E-state index is -2.79. The van der Waals surface area contributed by atoms with Crippen molar-refractivity contribution in [2.75, 3.05) is 19.8 Å². The van der Waals surface area contributed by atoms with Gasteiger partial charge in [-0.15, -0.1) is 0 Å². The van der Waals surface area contributed by atoms with Gasteiger partial charge in [0.15, 0.2) is 0 Å². The Bertz CT molecular complexity index is 409. The van der Waals surface area contributed by atoms with Crippen LogP contribution in [0.1, 0.15) is 31.4 Å². The van der Waals surface area contributed by atoms with E-state index >= 15 is 0 Å². The highest BCUT2D eigenvalue weighted by atomic mass is 19.3. The van der Waals surface area contributed by atoms with Crippen molar-refractivity contribution in [3.8, 4) is 5.75 Å². The largest absolute Gasteiger partial charge is 0.434 e. The predicted molar refractivity (Wildman–Crippen MR) is 73.0 cm³/mol. The summed E-state index contributed by atoms with van der Waals surface area (Å²) < 4.78 is 34.7. The summed E-state index contributed by atoms with van der Waals surface area (Å²) in [6.07, 6.45) is 2.10. The van der Waals surface area contributed by atoms with Crippen molar-refractivity contribution >= 4 is 0 Å². The zero-order valence-corrected chi connectivity index (χ0v) is 11.6. The lowest BCUT2D eigenvalue weighted by Gasteiger charge is -2.25. The van der Waals surface area contributed by atoms with Crippen molar-refractivity contribution in [3.05, 3.63) is 29.8 Å². The molecular formula is C15H21F2NO2. The van der Waals surface area contributed by atoms with Gasteiger partial charge in [-0.1, -0.05) is 18.2 Å². The minimum absolute atomic E-state index is 0.0206. The number of halogens is 2. The van der Waals surface area contributed by atoms with Gasteiger partial charge in [0.25, 0.3) is 0 Å². The first-order chi connectivity index (χ1) is 9.66. The van der Waals surface area contributed by atoms with E-state index < -0.39 is 6.61 Å². The third-order valence-electron chi connectivity index (χ3n) is 3.66. The summed E-state index contributed by atoms with van der Waals surface area (Å²) in [4.78, 5) is 0. The molecule has 0 aromatic heterocycles. The molecule has 1 atom stereocenters. The highest BCUT2D eigenvalue weighted by molar-refractivity contribution is 5.35. The lowest BCUT2D eigenvalue weighted by atomic mass is 9.99. The average molecular weight is 285 g/mol. The molecule has 0 bridgehead atoms. The second-order valence-electron chi connectivity index (χ2n) is 5.10. The molecule has 0 saturated carbocycles. The van der Waals surface area contributed by atoms with Crippen LogP contribution in [0.3, 0.4) is 0 Å². The zero-order chi connectivity index (χ0) is 14.4. The van der Waals surface area contributed by atoms with Crippen molar-refractivity contribution in [2.24, 2.45) is 5.92 Å². The molecule has 1 N–H and O–H groups in total. The molecule has 0 aliphatic carbocycles. The van der Waals surface area contributed by atoms with Crippen LogP contribution in [-0.4, -0.2) is 26.4 Å². The lowest BCUT2D eigenvalue weighted by molar-refractivity contribution is -0.0506. The lowest BCUT2D eigenvalue weighted by Crippen LogP contribution is -2.29. The van der Waals surface area contributed by atoms with Crippen LogP contribution in [0.4, 0.5) is 8.78 Å². The summed E-state index contributed by atoms with van der Waals surface area (Å²) in [5.41, 5.74) is 0.764. The second-order valence-corrected chi connectivity index (χ2v) is 5.10. The number of benzene rings is 1. The molecule has 1 aliphatic rings.